The van der Waals surface area contributed by atoms with Crippen LogP contribution < -0.4 is 15.4 Å². The second kappa shape index (κ2) is 8.10. The summed E-state index contributed by atoms with van der Waals surface area (Å²) in [6.07, 6.45) is 0. The predicted molar refractivity (Wildman–Crippen MR) is 89.5 cm³/mol. The molecule has 0 aliphatic rings. The van der Waals surface area contributed by atoms with Gasteiger partial charge in [-0.2, -0.15) is 0 Å². The molecule has 2 N–H and O–H groups in total. The highest BCUT2D eigenvalue weighted by Crippen LogP contribution is 2.31. The van der Waals surface area contributed by atoms with Crippen LogP contribution in [0, 0.1) is 5.82 Å². The highest BCUT2D eigenvalue weighted by molar-refractivity contribution is 5.97. The summed E-state index contributed by atoms with van der Waals surface area (Å²) in [5.74, 6) is -1.85. The van der Waals surface area contributed by atoms with E-state index in [2.05, 4.69) is 10.6 Å². The molecule has 0 aliphatic heterocycles. The Balaban J connectivity index is 2.34. The van der Waals surface area contributed by atoms with Crippen molar-refractivity contribution in [1.29, 1.82) is 0 Å². The van der Waals surface area contributed by atoms with Gasteiger partial charge in [0, 0.05) is 13.5 Å². The van der Waals surface area contributed by atoms with Crippen LogP contribution >= 0.6 is 0 Å². The quantitative estimate of drug-likeness (QED) is 0.855. The molecule has 2 amide bonds. The number of ether oxygens (including phenoxy) is 1. The Morgan fingerprint density at radius 3 is 2.46 bits per heavy atom. The molecule has 0 saturated carbocycles. The van der Waals surface area contributed by atoms with Gasteiger partial charge in [-0.05, 0) is 24.6 Å². The topological polar surface area (TPSA) is 67.4 Å². The van der Waals surface area contributed by atoms with Crippen LogP contribution in [-0.2, 0) is 11.4 Å². The highest BCUT2D eigenvalue weighted by Gasteiger charge is 2.20. The molecule has 2 rings (SSSR count). The Morgan fingerprint density at radius 1 is 1.12 bits per heavy atom. The maximum absolute atomic E-state index is 14.7. The summed E-state index contributed by atoms with van der Waals surface area (Å²) < 4.78 is 20.3. The first-order valence-electron chi connectivity index (χ1n) is 7.58. The van der Waals surface area contributed by atoms with E-state index in [1.807, 2.05) is 30.3 Å². The number of amides is 2. The van der Waals surface area contributed by atoms with Crippen LogP contribution in [0.4, 0.5) is 10.1 Å². The molecular weight excluding hydrogens is 311 g/mol. The summed E-state index contributed by atoms with van der Waals surface area (Å²) in [5, 5.41) is 5.06. The number of benzene rings is 2. The zero-order valence-corrected chi connectivity index (χ0v) is 13.6. The van der Waals surface area contributed by atoms with Crippen LogP contribution in [-0.4, -0.2) is 18.4 Å². The van der Waals surface area contributed by atoms with Crippen LogP contribution in [0.5, 0.6) is 5.75 Å². The lowest BCUT2D eigenvalue weighted by Gasteiger charge is -2.15. The fourth-order valence-electron chi connectivity index (χ4n) is 2.15. The second-order valence-electron chi connectivity index (χ2n) is 5.12. The molecule has 0 radical (unpaired) electrons. The van der Waals surface area contributed by atoms with Crippen molar-refractivity contribution in [1.82, 2.24) is 5.32 Å². The van der Waals surface area contributed by atoms with Crippen LogP contribution in [0.15, 0.2) is 42.5 Å². The van der Waals surface area contributed by atoms with Crippen molar-refractivity contribution in [3.8, 4) is 5.75 Å². The van der Waals surface area contributed by atoms with Crippen LogP contribution in [0.2, 0.25) is 0 Å². The van der Waals surface area contributed by atoms with Crippen LogP contribution in [0.25, 0.3) is 0 Å². The Labute approximate surface area is 139 Å². The smallest absolute Gasteiger partial charge is 0.254 e. The molecule has 0 spiro atoms. The average molecular weight is 330 g/mol. The number of nitrogens with one attached hydrogen (secondary N) is 2. The lowest BCUT2D eigenvalue weighted by Crippen LogP contribution is -2.24. The number of carbonyl (C=O) groups is 2. The monoisotopic (exact) mass is 330 g/mol. The second-order valence-corrected chi connectivity index (χ2v) is 5.12. The Kier molecular flexibility index (Phi) is 5.89. The summed E-state index contributed by atoms with van der Waals surface area (Å²) in [5.41, 5.74) is 0.895. The molecule has 0 bridgehead atoms. The third-order valence-corrected chi connectivity index (χ3v) is 3.22. The molecule has 0 heterocycles. The standard InChI is InChI=1S/C18H19FN2O3/c1-3-20-18(23)14-9-10-15(21-12(2)22)17(16(14)19)24-11-13-7-5-4-6-8-13/h4-10H,3,11H2,1-2H3,(H,20,23)(H,21,22). The van der Waals surface area contributed by atoms with Crippen LogP contribution in [0.3, 0.4) is 0 Å². The third-order valence-electron chi connectivity index (χ3n) is 3.22. The molecule has 5 nitrogen and oxygen atoms in total. The Hall–Kier alpha value is -2.89. The SMILES string of the molecule is CCNC(=O)c1ccc(NC(C)=O)c(OCc2ccccc2)c1F. The van der Waals surface area contributed by atoms with Gasteiger partial charge in [0.15, 0.2) is 11.6 Å². The molecule has 0 aliphatic carbocycles. The van der Waals surface area contributed by atoms with Crippen molar-refractivity contribution in [2.24, 2.45) is 0 Å². The van der Waals surface area contributed by atoms with Gasteiger partial charge in [0.2, 0.25) is 5.91 Å². The van der Waals surface area contributed by atoms with Crippen molar-refractivity contribution in [2.75, 3.05) is 11.9 Å². The van der Waals surface area contributed by atoms with Crippen molar-refractivity contribution in [3.05, 3.63) is 59.4 Å². The van der Waals surface area contributed by atoms with E-state index in [-0.39, 0.29) is 29.5 Å². The first kappa shape index (κ1) is 17.5. The summed E-state index contributed by atoms with van der Waals surface area (Å²) in [6, 6.07) is 12.0. The molecule has 6 heteroatoms. The van der Waals surface area contributed by atoms with E-state index in [0.717, 1.165) is 5.56 Å². The van der Waals surface area contributed by atoms with Gasteiger partial charge >= 0.3 is 0 Å². The summed E-state index contributed by atoms with van der Waals surface area (Å²) in [6.45, 7) is 3.56. The van der Waals surface area contributed by atoms with E-state index in [9.17, 15) is 14.0 Å². The van der Waals surface area contributed by atoms with Gasteiger partial charge in [-0.3, -0.25) is 9.59 Å². The lowest BCUT2D eigenvalue weighted by molar-refractivity contribution is -0.114. The maximum Gasteiger partial charge on any atom is 0.254 e. The van der Waals surface area contributed by atoms with Crippen molar-refractivity contribution in [3.63, 3.8) is 0 Å². The summed E-state index contributed by atoms with van der Waals surface area (Å²) in [7, 11) is 0. The number of anilines is 1. The first-order chi connectivity index (χ1) is 11.5. The molecule has 0 unspecified atom stereocenters. The minimum Gasteiger partial charge on any atom is -0.484 e. The number of rotatable bonds is 6. The van der Waals surface area contributed by atoms with E-state index in [4.69, 9.17) is 4.74 Å². The molecule has 0 saturated heterocycles. The Morgan fingerprint density at radius 2 is 1.83 bits per heavy atom. The minimum atomic E-state index is -0.803. The van der Waals surface area contributed by atoms with Gasteiger partial charge < -0.3 is 15.4 Å². The van der Waals surface area contributed by atoms with Crippen LogP contribution in [0.1, 0.15) is 29.8 Å². The van der Waals surface area contributed by atoms with E-state index >= 15 is 0 Å². The molecule has 24 heavy (non-hydrogen) atoms. The number of halogens is 1. The molecule has 0 fully saturated rings. The summed E-state index contributed by atoms with van der Waals surface area (Å²) >= 11 is 0. The van der Waals surface area contributed by atoms with E-state index in [1.165, 1.54) is 19.1 Å². The molecule has 126 valence electrons. The molecule has 2 aromatic rings. The van der Waals surface area contributed by atoms with Crippen molar-refractivity contribution in [2.45, 2.75) is 20.5 Å². The maximum atomic E-state index is 14.7. The van der Waals surface area contributed by atoms with E-state index < -0.39 is 11.7 Å². The minimum absolute atomic E-state index is 0.114. The third kappa shape index (κ3) is 4.32. The molecule has 0 aromatic heterocycles. The molecular formula is C18H19FN2O3. The highest BCUT2D eigenvalue weighted by atomic mass is 19.1. The number of carbonyl (C=O) groups excluding carboxylic acids is 2. The largest absolute Gasteiger partial charge is 0.484 e. The fraction of sp³-hybridized carbons (Fsp3) is 0.222. The van der Waals surface area contributed by atoms with Gasteiger partial charge in [-0.15, -0.1) is 0 Å². The van der Waals surface area contributed by atoms with Gasteiger partial charge in [0.25, 0.3) is 5.91 Å². The molecule has 0 atom stereocenters. The first-order valence-corrected chi connectivity index (χ1v) is 7.58. The fourth-order valence-corrected chi connectivity index (χ4v) is 2.15. The molecule has 2 aromatic carbocycles. The zero-order chi connectivity index (χ0) is 17.5. The van der Waals surface area contributed by atoms with Gasteiger partial charge in [0.1, 0.15) is 6.61 Å². The summed E-state index contributed by atoms with van der Waals surface area (Å²) in [4.78, 5) is 23.2. The van der Waals surface area contributed by atoms with E-state index in [0.29, 0.717) is 6.54 Å². The number of hydrogen-bond acceptors (Lipinski definition) is 3. The van der Waals surface area contributed by atoms with E-state index in [1.54, 1.807) is 6.92 Å². The van der Waals surface area contributed by atoms with Gasteiger partial charge in [-0.25, -0.2) is 4.39 Å². The predicted octanol–water partition coefficient (Wildman–Crippen LogP) is 3.11. The zero-order valence-electron chi connectivity index (χ0n) is 13.6. The Bertz CT molecular complexity index is 733. The lowest BCUT2D eigenvalue weighted by atomic mass is 10.1. The van der Waals surface area contributed by atoms with Gasteiger partial charge in [-0.1, -0.05) is 30.3 Å². The van der Waals surface area contributed by atoms with Gasteiger partial charge in [0.05, 0.1) is 11.3 Å². The average Bonchev–Trinajstić information content (AvgIpc) is 2.55. The van der Waals surface area contributed by atoms with Crippen molar-refractivity contribution < 1.29 is 18.7 Å². The van der Waals surface area contributed by atoms with Crippen molar-refractivity contribution >= 4 is 17.5 Å². The number of hydrogen-bond donors (Lipinski definition) is 2. The normalized spacial score (nSPS) is 10.1.